The monoisotopic (exact) mass is 369 g/mol. The van der Waals surface area contributed by atoms with Crippen molar-refractivity contribution >= 4 is 21.7 Å². The van der Waals surface area contributed by atoms with Crippen molar-refractivity contribution in [2.45, 2.75) is 26.3 Å². The van der Waals surface area contributed by atoms with Gasteiger partial charge in [-0.25, -0.2) is 13.2 Å². The Morgan fingerprint density at radius 2 is 1.96 bits per heavy atom. The summed E-state index contributed by atoms with van der Waals surface area (Å²) in [6.07, 6.45) is 0.423. The molecule has 0 aliphatic carbocycles. The molecule has 2 rings (SSSR count). The lowest BCUT2D eigenvalue weighted by Gasteiger charge is -2.26. The highest BCUT2D eigenvalue weighted by Gasteiger charge is 2.34. The average molecular weight is 369 g/mol. The predicted molar refractivity (Wildman–Crippen MR) is 92.1 cm³/mol. The van der Waals surface area contributed by atoms with Gasteiger partial charge in [-0.3, -0.25) is 4.79 Å². The van der Waals surface area contributed by atoms with E-state index < -0.39 is 28.3 Å². The van der Waals surface area contributed by atoms with Gasteiger partial charge < -0.3 is 14.4 Å². The topological polar surface area (TPSA) is 90.0 Å². The summed E-state index contributed by atoms with van der Waals surface area (Å²) in [6, 6.07) is 6.92. The Hall–Kier alpha value is -2.09. The minimum Gasteiger partial charge on any atom is -0.482 e. The quantitative estimate of drug-likeness (QED) is 0.665. The molecule has 1 fully saturated rings. The van der Waals surface area contributed by atoms with Crippen LogP contribution >= 0.6 is 0 Å². The fourth-order valence-corrected chi connectivity index (χ4v) is 4.51. The first-order valence-electron chi connectivity index (χ1n) is 8.16. The SMILES string of the molecule is CCN(C(=O)COC(=O)COc1ccccc1C)C1CCS(=O)(=O)C1. The molecule has 25 heavy (non-hydrogen) atoms. The Morgan fingerprint density at radius 1 is 1.24 bits per heavy atom. The summed E-state index contributed by atoms with van der Waals surface area (Å²) in [5, 5.41) is 0. The lowest BCUT2D eigenvalue weighted by atomic mass is 10.2. The van der Waals surface area contributed by atoms with Crippen LogP contribution in [0.5, 0.6) is 5.75 Å². The molecule has 1 atom stereocenters. The standard InChI is InChI=1S/C17H23NO6S/c1-3-18(14-8-9-25(21,22)12-14)16(19)10-24-17(20)11-23-15-7-5-4-6-13(15)2/h4-7,14H,3,8-12H2,1-2H3. The van der Waals surface area contributed by atoms with E-state index in [9.17, 15) is 18.0 Å². The van der Waals surface area contributed by atoms with Gasteiger partial charge in [-0.15, -0.1) is 0 Å². The zero-order valence-corrected chi connectivity index (χ0v) is 15.3. The maximum absolute atomic E-state index is 12.2. The molecule has 0 saturated carbocycles. The molecule has 7 nitrogen and oxygen atoms in total. The van der Waals surface area contributed by atoms with E-state index in [0.717, 1.165) is 5.56 Å². The van der Waals surface area contributed by atoms with Crippen molar-refractivity contribution in [3.05, 3.63) is 29.8 Å². The number of aryl methyl sites for hydroxylation is 1. The van der Waals surface area contributed by atoms with E-state index in [-0.39, 0.29) is 24.2 Å². The van der Waals surface area contributed by atoms with Crippen LogP contribution in [0.25, 0.3) is 0 Å². The summed E-state index contributed by atoms with van der Waals surface area (Å²) in [4.78, 5) is 25.4. The second-order valence-electron chi connectivity index (χ2n) is 5.95. The number of amides is 1. The van der Waals surface area contributed by atoms with Gasteiger partial charge in [-0.05, 0) is 31.9 Å². The molecule has 138 valence electrons. The van der Waals surface area contributed by atoms with Crippen LogP contribution < -0.4 is 4.74 Å². The summed E-state index contributed by atoms with van der Waals surface area (Å²) >= 11 is 0. The van der Waals surface area contributed by atoms with Gasteiger partial charge in [-0.1, -0.05) is 18.2 Å². The third kappa shape index (κ3) is 5.45. The molecular weight excluding hydrogens is 346 g/mol. The van der Waals surface area contributed by atoms with Crippen molar-refractivity contribution in [3.63, 3.8) is 0 Å². The molecule has 1 saturated heterocycles. The number of likely N-dealkylation sites (N-methyl/N-ethyl adjacent to an activating group) is 1. The van der Waals surface area contributed by atoms with Crippen LogP contribution in [0.3, 0.4) is 0 Å². The minimum atomic E-state index is -3.08. The third-order valence-corrected chi connectivity index (χ3v) is 5.86. The predicted octanol–water partition coefficient (Wildman–Crippen LogP) is 0.953. The zero-order valence-electron chi connectivity index (χ0n) is 14.4. The second-order valence-corrected chi connectivity index (χ2v) is 8.18. The fraction of sp³-hybridized carbons (Fsp3) is 0.529. The van der Waals surface area contributed by atoms with Crippen molar-refractivity contribution < 1.29 is 27.5 Å². The van der Waals surface area contributed by atoms with Crippen LogP contribution in [0.15, 0.2) is 24.3 Å². The summed E-state index contributed by atoms with van der Waals surface area (Å²) < 4.78 is 33.4. The van der Waals surface area contributed by atoms with E-state index in [2.05, 4.69) is 0 Å². The van der Waals surface area contributed by atoms with Crippen molar-refractivity contribution in [3.8, 4) is 5.75 Å². The molecule has 8 heteroatoms. The number of esters is 1. The van der Waals surface area contributed by atoms with Gasteiger partial charge in [0, 0.05) is 12.6 Å². The van der Waals surface area contributed by atoms with Gasteiger partial charge in [0.15, 0.2) is 23.1 Å². The second kappa shape index (κ2) is 8.33. The maximum Gasteiger partial charge on any atom is 0.344 e. The first-order valence-corrected chi connectivity index (χ1v) is 9.98. The van der Waals surface area contributed by atoms with Gasteiger partial charge in [0.25, 0.3) is 5.91 Å². The summed E-state index contributed by atoms with van der Waals surface area (Å²) in [7, 11) is -3.08. The molecule has 1 aromatic carbocycles. The summed E-state index contributed by atoms with van der Waals surface area (Å²) in [6.45, 7) is 3.30. The number of ether oxygens (including phenoxy) is 2. The van der Waals surface area contributed by atoms with Gasteiger partial charge >= 0.3 is 5.97 Å². The summed E-state index contributed by atoms with van der Waals surface area (Å²) in [5.41, 5.74) is 0.894. The first kappa shape index (κ1) is 19.2. The molecule has 0 aromatic heterocycles. The summed E-state index contributed by atoms with van der Waals surface area (Å²) in [5.74, 6) is -0.403. The van der Waals surface area contributed by atoms with Gasteiger partial charge in [0.2, 0.25) is 0 Å². The normalized spacial score (nSPS) is 18.6. The van der Waals surface area contributed by atoms with E-state index in [0.29, 0.717) is 18.7 Å². The molecule has 1 amide bonds. The molecule has 0 spiro atoms. The number of benzene rings is 1. The van der Waals surface area contributed by atoms with Gasteiger partial charge in [0.1, 0.15) is 5.75 Å². The molecule has 1 aliphatic heterocycles. The molecular formula is C17H23NO6S. The number of hydrogen-bond donors (Lipinski definition) is 0. The van der Waals surface area contributed by atoms with Crippen LogP contribution in [-0.2, 0) is 24.2 Å². The van der Waals surface area contributed by atoms with Crippen molar-refractivity contribution in [2.24, 2.45) is 0 Å². The Labute approximate surface area is 147 Å². The molecule has 0 bridgehead atoms. The Morgan fingerprint density at radius 3 is 2.56 bits per heavy atom. The number of carbonyl (C=O) groups excluding carboxylic acids is 2. The highest BCUT2D eigenvalue weighted by molar-refractivity contribution is 7.91. The van der Waals surface area contributed by atoms with E-state index >= 15 is 0 Å². The van der Waals surface area contributed by atoms with Crippen LogP contribution in [0.2, 0.25) is 0 Å². The molecule has 1 heterocycles. The lowest BCUT2D eigenvalue weighted by molar-refractivity contribution is -0.154. The first-order chi connectivity index (χ1) is 11.8. The number of hydrogen-bond acceptors (Lipinski definition) is 6. The molecule has 0 N–H and O–H groups in total. The highest BCUT2D eigenvalue weighted by atomic mass is 32.2. The van der Waals surface area contributed by atoms with E-state index in [1.54, 1.807) is 19.1 Å². The lowest BCUT2D eigenvalue weighted by Crippen LogP contribution is -2.43. The van der Waals surface area contributed by atoms with Gasteiger partial charge in [-0.2, -0.15) is 0 Å². The third-order valence-electron chi connectivity index (χ3n) is 4.11. The largest absolute Gasteiger partial charge is 0.482 e. The Bertz CT molecular complexity index is 730. The number of carbonyl (C=O) groups is 2. The fourth-order valence-electron chi connectivity index (χ4n) is 2.78. The van der Waals surface area contributed by atoms with E-state index in [1.165, 1.54) is 4.90 Å². The Kier molecular flexibility index (Phi) is 6.41. The van der Waals surface area contributed by atoms with E-state index in [1.807, 2.05) is 19.1 Å². The minimum absolute atomic E-state index is 0.0308. The smallest absolute Gasteiger partial charge is 0.344 e. The van der Waals surface area contributed by atoms with Crippen LogP contribution in [0, 0.1) is 6.92 Å². The van der Waals surface area contributed by atoms with Crippen molar-refractivity contribution in [1.29, 1.82) is 0 Å². The maximum atomic E-state index is 12.2. The molecule has 1 aliphatic rings. The molecule has 1 unspecified atom stereocenters. The number of nitrogens with zero attached hydrogens (tertiary/aromatic N) is 1. The molecule has 0 radical (unpaired) electrons. The van der Waals surface area contributed by atoms with Gasteiger partial charge in [0.05, 0.1) is 11.5 Å². The number of sulfone groups is 1. The van der Waals surface area contributed by atoms with Crippen LogP contribution in [0.4, 0.5) is 0 Å². The highest BCUT2D eigenvalue weighted by Crippen LogP contribution is 2.18. The van der Waals surface area contributed by atoms with E-state index in [4.69, 9.17) is 9.47 Å². The van der Waals surface area contributed by atoms with Crippen LogP contribution in [-0.4, -0.2) is 62.5 Å². The zero-order chi connectivity index (χ0) is 18.4. The average Bonchev–Trinajstić information content (AvgIpc) is 2.92. The molecule has 1 aromatic rings. The van der Waals surface area contributed by atoms with Crippen molar-refractivity contribution in [2.75, 3.05) is 31.3 Å². The van der Waals surface area contributed by atoms with Crippen molar-refractivity contribution in [1.82, 2.24) is 4.90 Å². The number of para-hydroxylation sites is 1. The number of rotatable bonds is 7. The van der Waals surface area contributed by atoms with Crippen LogP contribution in [0.1, 0.15) is 18.9 Å². The Balaban J connectivity index is 1.80.